The molecule has 0 bridgehead atoms. The molecule has 0 spiro atoms. The Balaban J connectivity index is 1.18. The minimum Gasteiger partial charge on any atom is -0.228 e. The number of benzene rings is 9. The van der Waals surface area contributed by atoms with Crippen LogP contribution < -0.4 is 0 Å². The number of aromatic nitrogens is 2. The Morgan fingerprint density at radius 1 is 0.232 bits per heavy atom. The molecule has 2 heteroatoms. The van der Waals surface area contributed by atoms with Crippen LogP contribution in [0.4, 0.5) is 0 Å². The van der Waals surface area contributed by atoms with Gasteiger partial charge in [-0.15, -0.1) is 0 Å². The highest BCUT2D eigenvalue weighted by Crippen LogP contribution is 2.38. The van der Waals surface area contributed by atoms with Gasteiger partial charge in [-0.05, 0) is 102 Å². The van der Waals surface area contributed by atoms with Crippen LogP contribution >= 0.6 is 0 Å². The van der Waals surface area contributed by atoms with Crippen molar-refractivity contribution in [2.45, 2.75) is 0 Å². The summed E-state index contributed by atoms with van der Waals surface area (Å²) in [4.78, 5) is 10.3. The predicted octanol–water partition coefficient (Wildman–Crippen LogP) is 14.5. The van der Waals surface area contributed by atoms with Crippen molar-refractivity contribution in [2.75, 3.05) is 0 Å². The maximum Gasteiger partial charge on any atom is 0.160 e. The Morgan fingerprint density at radius 3 is 1.16 bits per heavy atom. The van der Waals surface area contributed by atoms with Crippen LogP contribution in [-0.2, 0) is 0 Å². The van der Waals surface area contributed by atoms with Gasteiger partial charge in [-0.1, -0.05) is 182 Å². The van der Waals surface area contributed by atoms with Gasteiger partial charge in [0.25, 0.3) is 0 Å². The van der Waals surface area contributed by atoms with Gasteiger partial charge in [0.05, 0.1) is 11.4 Å². The van der Waals surface area contributed by atoms with Crippen LogP contribution in [0, 0.1) is 0 Å². The van der Waals surface area contributed by atoms with Crippen LogP contribution in [-0.4, -0.2) is 9.97 Å². The van der Waals surface area contributed by atoms with Crippen molar-refractivity contribution in [1.29, 1.82) is 0 Å². The van der Waals surface area contributed by atoms with Crippen LogP contribution in [0.1, 0.15) is 0 Å². The summed E-state index contributed by atoms with van der Waals surface area (Å²) in [6, 6.07) is 77.8. The average molecular weight is 713 g/mol. The van der Waals surface area contributed by atoms with Crippen molar-refractivity contribution in [3.8, 4) is 78.4 Å². The highest BCUT2D eigenvalue weighted by molar-refractivity contribution is 5.99. The maximum atomic E-state index is 5.26. The minimum absolute atomic E-state index is 0.699. The average Bonchev–Trinajstić information content (AvgIpc) is 3.29. The molecule has 0 unspecified atom stereocenters. The van der Waals surface area contributed by atoms with E-state index in [1.54, 1.807) is 0 Å². The molecular formula is C54H36N2. The lowest BCUT2D eigenvalue weighted by molar-refractivity contribution is 1.18. The summed E-state index contributed by atoms with van der Waals surface area (Å²) in [5.41, 5.74) is 14.2. The van der Waals surface area contributed by atoms with Crippen LogP contribution in [0.15, 0.2) is 218 Å². The molecule has 0 amide bonds. The lowest BCUT2D eigenvalue weighted by Crippen LogP contribution is -1.96. The molecule has 0 saturated heterocycles. The maximum absolute atomic E-state index is 5.26. The Labute approximate surface area is 327 Å². The predicted molar refractivity (Wildman–Crippen MR) is 235 cm³/mol. The first kappa shape index (κ1) is 33.2. The second-order valence-corrected chi connectivity index (χ2v) is 14.2. The summed E-state index contributed by atoms with van der Waals surface area (Å²) in [7, 11) is 0. The molecule has 0 radical (unpaired) electrons. The summed E-state index contributed by atoms with van der Waals surface area (Å²) in [5.74, 6) is 0.699. The smallest absolute Gasteiger partial charge is 0.160 e. The third kappa shape index (κ3) is 6.44. The zero-order chi connectivity index (χ0) is 37.3. The summed E-state index contributed by atoms with van der Waals surface area (Å²) >= 11 is 0. The molecule has 0 aliphatic heterocycles. The quantitative estimate of drug-likeness (QED) is 0.164. The first-order chi connectivity index (χ1) is 27.7. The summed E-state index contributed by atoms with van der Waals surface area (Å²) in [5, 5.41) is 4.96. The molecule has 0 atom stereocenters. The number of rotatable bonds is 7. The van der Waals surface area contributed by atoms with E-state index in [0.717, 1.165) is 50.3 Å². The molecular weight excluding hydrogens is 677 g/mol. The van der Waals surface area contributed by atoms with E-state index in [1.165, 1.54) is 43.8 Å². The van der Waals surface area contributed by atoms with Crippen LogP contribution in [0.5, 0.6) is 0 Å². The molecule has 0 fully saturated rings. The molecule has 1 aromatic heterocycles. The van der Waals surface area contributed by atoms with Gasteiger partial charge in [0, 0.05) is 16.7 Å². The number of hydrogen-bond donors (Lipinski definition) is 0. The monoisotopic (exact) mass is 712 g/mol. The lowest BCUT2D eigenvalue weighted by Gasteiger charge is -2.15. The van der Waals surface area contributed by atoms with Crippen LogP contribution in [0.2, 0.25) is 0 Å². The van der Waals surface area contributed by atoms with Gasteiger partial charge in [0.15, 0.2) is 5.82 Å². The molecule has 1 heterocycles. The summed E-state index contributed by atoms with van der Waals surface area (Å²) < 4.78 is 0. The molecule has 2 nitrogen and oxygen atoms in total. The Kier molecular flexibility index (Phi) is 8.55. The van der Waals surface area contributed by atoms with E-state index >= 15 is 0 Å². The van der Waals surface area contributed by atoms with Gasteiger partial charge in [-0.3, -0.25) is 0 Å². The summed E-state index contributed by atoms with van der Waals surface area (Å²) in [6.07, 6.45) is 0. The molecule has 0 N–H and O–H groups in total. The van der Waals surface area contributed by atoms with E-state index in [9.17, 15) is 0 Å². The zero-order valence-corrected chi connectivity index (χ0v) is 30.7. The molecule has 10 rings (SSSR count). The molecule has 56 heavy (non-hydrogen) atoms. The Bertz CT molecular complexity index is 2810. The highest BCUT2D eigenvalue weighted by atomic mass is 14.9. The standard InChI is InChI=1S/C54H36N2/c1-3-17-39(18-4-1)52-36-53(56-54(55-52)40-19-5-2-6-20-40)47-34-45(41-23-11-25-43(31-41)50-29-13-21-37-15-7-9-27-48(37)50)33-46(35-47)42-24-12-26-44(32-42)51-30-14-22-38-16-8-10-28-49(38)51/h1-36H. The number of fused-ring (bicyclic) bond motifs is 2. The van der Waals surface area contributed by atoms with E-state index in [4.69, 9.17) is 9.97 Å². The largest absolute Gasteiger partial charge is 0.228 e. The molecule has 0 saturated carbocycles. The molecule has 10 aromatic rings. The zero-order valence-electron chi connectivity index (χ0n) is 30.7. The van der Waals surface area contributed by atoms with E-state index in [1.807, 2.05) is 24.3 Å². The Hall–Kier alpha value is -7.42. The van der Waals surface area contributed by atoms with Gasteiger partial charge in [-0.2, -0.15) is 0 Å². The van der Waals surface area contributed by atoms with Crippen LogP contribution in [0.3, 0.4) is 0 Å². The SMILES string of the molecule is c1ccc(-c2cc(-c3cc(-c4cccc(-c5cccc6ccccc56)c4)cc(-c4cccc(-c5cccc6ccccc56)c4)c3)nc(-c3ccccc3)n2)cc1. The first-order valence-corrected chi connectivity index (χ1v) is 19.1. The topological polar surface area (TPSA) is 25.8 Å². The Morgan fingerprint density at radius 2 is 0.607 bits per heavy atom. The highest BCUT2D eigenvalue weighted by Gasteiger charge is 2.15. The van der Waals surface area contributed by atoms with E-state index in [2.05, 4.69) is 194 Å². The molecule has 9 aromatic carbocycles. The summed E-state index contributed by atoms with van der Waals surface area (Å²) in [6.45, 7) is 0. The second-order valence-electron chi connectivity index (χ2n) is 14.2. The minimum atomic E-state index is 0.699. The van der Waals surface area contributed by atoms with Crippen molar-refractivity contribution in [2.24, 2.45) is 0 Å². The fourth-order valence-corrected chi connectivity index (χ4v) is 7.86. The van der Waals surface area contributed by atoms with E-state index in [0.29, 0.717) is 5.82 Å². The number of nitrogens with zero attached hydrogens (tertiary/aromatic N) is 2. The van der Waals surface area contributed by atoms with Crippen molar-refractivity contribution < 1.29 is 0 Å². The second kappa shape index (κ2) is 14.4. The van der Waals surface area contributed by atoms with E-state index in [-0.39, 0.29) is 0 Å². The third-order valence-corrected chi connectivity index (χ3v) is 10.6. The number of hydrogen-bond acceptors (Lipinski definition) is 2. The van der Waals surface area contributed by atoms with Crippen LogP contribution in [0.25, 0.3) is 100.0 Å². The fourth-order valence-electron chi connectivity index (χ4n) is 7.86. The fraction of sp³-hybridized carbons (Fsp3) is 0. The van der Waals surface area contributed by atoms with Crippen molar-refractivity contribution >= 4 is 21.5 Å². The van der Waals surface area contributed by atoms with Gasteiger partial charge in [0.2, 0.25) is 0 Å². The molecule has 262 valence electrons. The van der Waals surface area contributed by atoms with Gasteiger partial charge in [0.1, 0.15) is 0 Å². The van der Waals surface area contributed by atoms with Crippen molar-refractivity contribution in [3.05, 3.63) is 218 Å². The molecule has 0 aliphatic carbocycles. The van der Waals surface area contributed by atoms with Crippen molar-refractivity contribution in [3.63, 3.8) is 0 Å². The van der Waals surface area contributed by atoms with E-state index < -0.39 is 0 Å². The van der Waals surface area contributed by atoms with Gasteiger partial charge >= 0.3 is 0 Å². The third-order valence-electron chi connectivity index (χ3n) is 10.6. The van der Waals surface area contributed by atoms with Gasteiger partial charge < -0.3 is 0 Å². The van der Waals surface area contributed by atoms with Crippen molar-refractivity contribution in [1.82, 2.24) is 9.97 Å². The molecule has 0 aliphatic rings. The first-order valence-electron chi connectivity index (χ1n) is 19.1. The van der Waals surface area contributed by atoms with Gasteiger partial charge in [-0.25, -0.2) is 9.97 Å². The lowest BCUT2D eigenvalue weighted by atomic mass is 9.91. The normalized spacial score (nSPS) is 11.2.